The molecule has 0 aliphatic carbocycles. The zero-order valence-corrected chi connectivity index (χ0v) is 4.01. The number of nitrogens with one attached hydrogen (secondary N) is 1. The van der Waals surface area contributed by atoms with E-state index in [1.807, 2.05) is 5.43 Å². The molecule has 0 radical (unpaired) electrons. The van der Waals surface area contributed by atoms with E-state index in [0.29, 0.717) is 0 Å². The Morgan fingerprint density at radius 3 is 2.71 bits per heavy atom. The van der Waals surface area contributed by atoms with Gasteiger partial charge in [-0.05, 0) is 6.92 Å². The van der Waals surface area contributed by atoms with Gasteiger partial charge in [0, 0.05) is 6.21 Å². The average molecular weight is 101 g/mol. The monoisotopic (exact) mass is 101 g/mol. The zero-order valence-electron chi connectivity index (χ0n) is 4.01. The third-order valence-electron chi connectivity index (χ3n) is 0.304. The van der Waals surface area contributed by atoms with E-state index >= 15 is 0 Å². The molecule has 0 bridgehead atoms. The highest BCUT2D eigenvalue weighted by Gasteiger charge is 1.78. The highest BCUT2D eigenvalue weighted by atomic mass is 16.2. The fourth-order valence-corrected chi connectivity index (χ4v) is 0.128. The van der Waals surface area contributed by atoms with E-state index in [2.05, 4.69) is 10.8 Å². The summed E-state index contributed by atoms with van der Waals surface area (Å²) in [6, 6.07) is -0.641. The van der Waals surface area contributed by atoms with Gasteiger partial charge in [-0.2, -0.15) is 5.10 Å². The minimum atomic E-state index is -0.641. The first-order chi connectivity index (χ1) is 3.27. The Hall–Kier alpha value is -1.06. The number of hydrogen-bond donors (Lipinski definition) is 2. The van der Waals surface area contributed by atoms with Gasteiger partial charge in [0.1, 0.15) is 0 Å². The summed E-state index contributed by atoms with van der Waals surface area (Å²) in [7, 11) is 0. The lowest BCUT2D eigenvalue weighted by molar-refractivity contribution is 0.249. The number of nitrogens with zero attached hydrogens (tertiary/aromatic N) is 1. The third kappa shape index (κ3) is 4.94. The molecule has 0 aromatic rings. The second-order valence-corrected chi connectivity index (χ2v) is 0.863. The van der Waals surface area contributed by atoms with Crippen LogP contribution in [0.2, 0.25) is 0 Å². The summed E-state index contributed by atoms with van der Waals surface area (Å²) < 4.78 is 0. The first-order valence-electron chi connectivity index (χ1n) is 1.80. The third-order valence-corrected chi connectivity index (χ3v) is 0.304. The molecule has 40 valence electrons. The molecule has 0 unspecified atom stereocenters. The van der Waals surface area contributed by atoms with Gasteiger partial charge in [0.15, 0.2) is 0 Å². The molecule has 0 fully saturated rings. The Morgan fingerprint density at radius 1 is 2.00 bits per heavy atom. The first-order valence-corrected chi connectivity index (χ1v) is 1.80. The van der Waals surface area contributed by atoms with Crippen LogP contribution < -0.4 is 11.2 Å². The molecule has 0 spiro atoms. The van der Waals surface area contributed by atoms with Crippen molar-refractivity contribution in [3.8, 4) is 0 Å². The number of nitrogens with two attached hydrogens (primary N) is 1. The lowest BCUT2D eigenvalue weighted by Gasteiger charge is -1.84. The van der Waals surface area contributed by atoms with Gasteiger partial charge in [-0.1, -0.05) is 0 Å². The van der Waals surface area contributed by atoms with Crippen molar-refractivity contribution in [3.63, 3.8) is 0 Å². The van der Waals surface area contributed by atoms with Crippen LogP contribution in [0.1, 0.15) is 6.92 Å². The lowest BCUT2D eigenvalue weighted by Crippen LogP contribution is -2.24. The van der Waals surface area contributed by atoms with Crippen molar-refractivity contribution < 1.29 is 4.79 Å². The number of primary amides is 1. The molecule has 0 atom stereocenters. The van der Waals surface area contributed by atoms with E-state index in [0.717, 1.165) is 0 Å². The van der Waals surface area contributed by atoms with E-state index in [1.54, 1.807) is 6.92 Å². The van der Waals surface area contributed by atoms with Crippen LogP contribution in [0, 0.1) is 0 Å². The molecule has 0 rings (SSSR count). The average Bonchev–Trinajstić information content (AvgIpc) is 1.61. The number of hydrogen-bond acceptors (Lipinski definition) is 2. The van der Waals surface area contributed by atoms with Gasteiger partial charge in [-0.25, -0.2) is 10.2 Å². The van der Waals surface area contributed by atoms with E-state index in [9.17, 15) is 4.79 Å². The van der Waals surface area contributed by atoms with Gasteiger partial charge in [0.25, 0.3) is 0 Å². The Bertz CT molecular complexity index is 88.2. The standard InChI is InChI=1S/C3H7N3O/c1-2-5-6-3(4)7/h2H,1H3,(H3,4,6,7)/b5-2-. The van der Waals surface area contributed by atoms with Crippen LogP contribution in [-0.2, 0) is 0 Å². The largest absolute Gasteiger partial charge is 0.350 e. The van der Waals surface area contributed by atoms with E-state index in [-0.39, 0.29) is 0 Å². The number of urea groups is 1. The maximum Gasteiger partial charge on any atom is 0.332 e. The van der Waals surface area contributed by atoms with E-state index in [1.165, 1.54) is 6.21 Å². The summed E-state index contributed by atoms with van der Waals surface area (Å²) in [5.74, 6) is 0. The van der Waals surface area contributed by atoms with Crippen LogP contribution >= 0.6 is 0 Å². The second-order valence-electron chi connectivity index (χ2n) is 0.863. The van der Waals surface area contributed by atoms with Crippen LogP contribution in [0.15, 0.2) is 5.10 Å². The number of amides is 2. The Balaban J connectivity index is 3.14. The maximum absolute atomic E-state index is 9.76. The van der Waals surface area contributed by atoms with Crippen molar-refractivity contribution in [1.82, 2.24) is 5.43 Å². The Kier molecular flexibility index (Phi) is 2.67. The van der Waals surface area contributed by atoms with Gasteiger partial charge in [0.05, 0.1) is 0 Å². The quantitative estimate of drug-likeness (QED) is 0.344. The number of rotatable bonds is 1. The molecule has 3 N–H and O–H groups in total. The summed E-state index contributed by atoms with van der Waals surface area (Å²) >= 11 is 0. The van der Waals surface area contributed by atoms with Gasteiger partial charge in [-0.3, -0.25) is 0 Å². The number of carbonyl (C=O) groups is 1. The first kappa shape index (κ1) is 5.94. The summed E-state index contributed by atoms with van der Waals surface area (Å²) in [6.07, 6.45) is 1.44. The maximum atomic E-state index is 9.76. The normalized spacial score (nSPS) is 9.29. The molecule has 2 amide bonds. The highest BCUT2D eigenvalue weighted by molar-refractivity contribution is 5.72. The van der Waals surface area contributed by atoms with Crippen molar-refractivity contribution in [2.45, 2.75) is 6.92 Å². The van der Waals surface area contributed by atoms with Crippen LogP contribution in [0.5, 0.6) is 0 Å². The van der Waals surface area contributed by atoms with Gasteiger partial charge in [-0.15, -0.1) is 0 Å². The fraction of sp³-hybridized carbons (Fsp3) is 0.333. The molecule has 0 heterocycles. The van der Waals surface area contributed by atoms with Crippen LogP contribution in [-0.4, -0.2) is 12.2 Å². The van der Waals surface area contributed by atoms with Crippen molar-refractivity contribution >= 4 is 12.2 Å². The van der Waals surface area contributed by atoms with Gasteiger partial charge < -0.3 is 5.73 Å². The molecular formula is C3H7N3O. The SMILES string of the molecule is C/C=N\NC(N)=O. The molecule has 0 aliphatic heterocycles. The smallest absolute Gasteiger partial charge is 0.332 e. The van der Waals surface area contributed by atoms with Gasteiger partial charge in [0.2, 0.25) is 0 Å². The zero-order chi connectivity index (χ0) is 5.70. The molecule has 0 saturated heterocycles. The summed E-state index contributed by atoms with van der Waals surface area (Å²) in [5, 5.41) is 3.32. The molecule has 0 aromatic heterocycles. The minimum absolute atomic E-state index is 0.641. The summed E-state index contributed by atoms with van der Waals surface area (Å²) in [6.45, 7) is 1.68. The van der Waals surface area contributed by atoms with Crippen LogP contribution in [0.25, 0.3) is 0 Å². The van der Waals surface area contributed by atoms with E-state index in [4.69, 9.17) is 0 Å². The molecule has 0 saturated carbocycles. The predicted molar refractivity (Wildman–Crippen MR) is 26.9 cm³/mol. The highest BCUT2D eigenvalue weighted by Crippen LogP contribution is 1.52. The second kappa shape index (κ2) is 3.14. The Morgan fingerprint density at radius 2 is 2.57 bits per heavy atom. The van der Waals surface area contributed by atoms with Gasteiger partial charge >= 0.3 is 6.03 Å². The summed E-state index contributed by atoms with van der Waals surface area (Å²) in [4.78, 5) is 9.76. The van der Waals surface area contributed by atoms with Crippen LogP contribution in [0.3, 0.4) is 0 Å². The van der Waals surface area contributed by atoms with Crippen molar-refractivity contribution in [2.24, 2.45) is 10.8 Å². The number of carbonyl (C=O) groups excluding carboxylic acids is 1. The predicted octanol–water partition coefficient (Wildman–Crippen LogP) is -0.340. The minimum Gasteiger partial charge on any atom is -0.350 e. The van der Waals surface area contributed by atoms with Crippen LogP contribution in [0.4, 0.5) is 4.79 Å². The van der Waals surface area contributed by atoms with E-state index < -0.39 is 6.03 Å². The molecule has 0 aliphatic rings. The van der Waals surface area contributed by atoms with Crippen molar-refractivity contribution in [1.29, 1.82) is 0 Å². The molecular weight excluding hydrogens is 94.1 g/mol. The fourth-order valence-electron chi connectivity index (χ4n) is 0.128. The Labute approximate surface area is 41.4 Å². The molecule has 4 nitrogen and oxygen atoms in total. The number of hydrazone groups is 1. The van der Waals surface area contributed by atoms with Crippen molar-refractivity contribution in [2.75, 3.05) is 0 Å². The molecule has 0 aromatic carbocycles. The van der Waals surface area contributed by atoms with Crippen molar-refractivity contribution in [3.05, 3.63) is 0 Å². The lowest BCUT2D eigenvalue weighted by atomic mass is 10.9. The summed E-state index contributed by atoms with van der Waals surface area (Å²) in [5.41, 5.74) is 6.62. The molecule has 4 heteroatoms. The molecule has 7 heavy (non-hydrogen) atoms. The topological polar surface area (TPSA) is 67.5 Å².